The van der Waals surface area contributed by atoms with E-state index in [-0.39, 0.29) is 23.2 Å². The number of aryl methyl sites for hydroxylation is 1. The van der Waals surface area contributed by atoms with Crippen molar-refractivity contribution in [1.82, 2.24) is 9.78 Å². The maximum atomic E-state index is 14.0. The van der Waals surface area contributed by atoms with Crippen LogP contribution >= 0.6 is 11.8 Å². The maximum absolute atomic E-state index is 14.0. The molecule has 1 atom stereocenters. The lowest BCUT2D eigenvalue weighted by Gasteiger charge is -2.37. The lowest BCUT2D eigenvalue weighted by Crippen LogP contribution is -2.40. The molecule has 0 bridgehead atoms. The normalized spacial score (nSPS) is 15.8. The summed E-state index contributed by atoms with van der Waals surface area (Å²) < 4.78 is 1.25. The fourth-order valence-electron chi connectivity index (χ4n) is 3.93. The maximum Gasteiger partial charge on any atom is 0.280 e. The standard InChI is InChI=1S/C24H19N3O2S/c1-26-23(28)18-12-6-5-11-17(18)22(25-26)24(29)27-19-13-7-8-14-21(19)30-15-20(27)16-9-3-2-4-10-16/h2-14,20H,15H2,1H3/t20-/m1/s1. The van der Waals surface area contributed by atoms with Crippen molar-refractivity contribution in [3.63, 3.8) is 0 Å². The second-order valence-corrected chi connectivity index (χ2v) is 8.27. The van der Waals surface area contributed by atoms with Crippen LogP contribution in [0.15, 0.2) is 88.6 Å². The van der Waals surface area contributed by atoms with Gasteiger partial charge in [-0.3, -0.25) is 14.5 Å². The van der Waals surface area contributed by atoms with Gasteiger partial charge in [-0.15, -0.1) is 11.8 Å². The Morgan fingerprint density at radius 1 is 0.933 bits per heavy atom. The van der Waals surface area contributed by atoms with Gasteiger partial charge in [0.05, 0.1) is 17.1 Å². The van der Waals surface area contributed by atoms with E-state index in [1.807, 2.05) is 65.6 Å². The van der Waals surface area contributed by atoms with Crippen molar-refractivity contribution in [3.8, 4) is 0 Å². The number of hydrogen-bond acceptors (Lipinski definition) is 4. The molecule has 1 aromatic heterocycles. The Hall–Kier alpha value is -3.38. The minimum Gasteiger partial charge on any atom is -0.297 e. The number of fused-ring (bicyclic) bond motifs is 2. The lowest BCUT2D eigenvalue weighted by molar-refractivity contribution is 0.0972. The van der Waals surface area contributed by atoms with Crippen molar-refractivity contribution < 1.29 is 4.79 Å². The van der Waals surface area contributed by atoms with E-state index in [9.17, 15) is 9.59 Å². The molecule has 0 saturated carbocycles. The van der Waals surface area contributed by atoms with Crippen molar-refractivity contribution >= 4 is 34.1 Å². The number of rotatable bonds is 2. The van der Waals surface area contributed by atoms with E-state index in [4.69, 9.17) is 0 Å². The summed E-state index contributed by atoms with van der Waals surface area (Å²) in [6.07, 6.45) is 0. The second kappa shape index (κ2) is 7.46. The molecule has 1 aliphatic heterocycles. The van der Waals surface area contributed by atoms with Gasteiger partial charge in [-0.05, 0) is 23.8 Å². The molecule has 0 N–H and O–H groups in total. The number of carbonyl (C=O) groups is 1. The molecule has 0 saturated heterocycles. The predicted molar refractivity (Wildman–Crippen MR) is 120 cm³/mol. The van der Waals surface area contributed by atoms with Crippen LogP contribution in [0.4, 0.5) is 5.69 Å². The fraction of sp³-hybridized carbons (Fsp3) is 0.125. The molecule has 6 heteroatoms. The van der Waals surface area contributed by atoms with Crippen LogP contribution in [0, 0.1) is 0 Å². The summed E-state index contributed by atoms with van der Waals surface area (Å²) in [7, 11) is 1.58. The predicted octanol–water partition coefficient (Wildman–Crippen LogP) is 4.43. The van der Waals surface area contributed by atoms with Crippen molar-refractivity contribution in [2.24, 2.45) is 7.05 Å². The van der Waals surface area contributed by atoms with Crippen LogP contribution in [0.2, 0.25) is 0 Å². The molecule has 1 aliphatic rings. The van der Waals surface area contributed by atoms with Crippen LogP contribution in [0.1, 0.15) is 22.1 Å². The van der Waals surface area contributed by atoms with Crippen LogP contribution in [-0.4, -0.2) is 21.4 Å². The van der Waals surface area contributed by atoms with Crippen LogP contribution in [0.5, 0.6) is 0 Å². The van der Waals surface area contributed by atoms with E-state index in [1.54, 1.807) is 37.0 Å². The Morgan fingerprint density at radius 3 is 2.40 bits per heavy atom. The summed E-state index contributed by atoms with van der Waals surface area (Å²) in [5.41, 5.74) is 2.01. The Labute approximate surface area is 178 Å². The first-order valence-electron chi connectivity index (χ1n) is 9.71. The van der Waals surface area contributed by atoms with Gasteiger partial charge >= 0.3 is 0 Å². The van der Waals surface area contributed by atoms with E-state index < -0.39 is 0 Å². The number of para-hydroxylation sites is 1. The number of hydrogen-bond donors (Lipinski definition) is 0. The second-order valence-electron chi connectivity index (χ2n) is 7.20. The minimum absolute atomic E-state index is 0.128. The van der Waals surface area contributed by atoms with E-state index in [0.717, 1.165) is 21.9 Å². The number of carbonyl (C=O) groups excluding carboxylic acids is 1. The molecule has 0 unspecified atom stereocenters. The Morgan fingerprint density at radius 2 is 1.60 bits per heavy atom. The van der Waals surface area contributed by atoms with Gasteiger partial charge in [-0.25, -0.2) is 4.68 Å². The fourth-order valence-corrected chi connectivity index (χ4v) is 5.10. The topological polar surface area (TPSA) is 55.2 Å². The largest absolute Gasteiger partial charge is 0.297 e. The molecule has 0 spiro atoms. The number of amides is 1. The summed E-state index contributed by atoms with van der Waals surface area (Å²) >= 11 is 1.75. The van der Waals surface area contributed by atoms with Gasteiger partial charge in [0.25, 0.3) is 11.5 Å². The summed E-state index contributed by atoms with van der Waals surface area (Å²) in [5, 5.41) is 5.45. The smallest absolute Gasteiger partial charge is 0.280 e. The molecule has 0 radical (unpaired) electrons. The first-order chi connectivity index (χ1) is 14.6. The Balaban J connectivity index is 1.72. The van der Waals surface area contributed by atoms with Crippen molar-refractivity contribution in [1.29, 1.82) is 0 Å². The number of anilines is 1. The molecular formula is C24H19N3O2S. The zero-order valence-electron chi connectivity index (χ0n) is 16.4. The quantitative estimate of drug-likeness (QED) is 0.488. The molecule has 148 valence electrons. The summed E-state index contributed by atoms with van der Waals surface area (Å²) in [4.78, 5) is 29.4. The van der Waals surface area contributed by atoms with E-state index in [2.05, 4.69) is 5.10 Å². The van der Waals surface area contributed by atoms with Crippen LogP contribution in [0.3, 0.4) is 0 Å². The van der Waals surface area contributed by atoms with E-state index >= 15 is 0 Å². The molecule has 0 aliphatic carbocycles. The van der Waals surface area contributed by atoms with Crippen molar-refractivity contribution in [2.75, 3.05) is 10.7 Å². The average molecular weight is 414 g/mol. The molecule has 30 heavy (non-hydrogen) atoms. The summed E-state index contributed by atoms with van der Waals surface area (Å²) in [5.74, 6) is 0.541. The number of aromatic nitrogens is 2. The first kappa shape index (κ1) is 18.6. The van der Waals surface area contributed by atoms with E-state index in [0.29, 0.717) is 10.8 Å². The van der Waals surface area contributed by atoms with Crippen molar-refractivity contribution in [2.45, 2.75) is 10.9 Å². The third-order valence-electron chi connectivity index (χ3n) is 5.40. The van der Waals surface area contributed by atoms with Crippen molar-refractivity contribution in [3.05, 3.63) is 100 Å². The highest BCUT2D eigenvalue weighted by atomic mass is 32.2. The molecule has 2 heterocycles. The number of thioether (sulfide) groups is 1. The zero-order chi connectivity index (χ0) is 20.7. The van der Waals surface area contributed by atoms with E-state index in [1.165, 1.54) is 4.68 Å². The van der Waals surface area contributed by atoms with Gasteiger partial charge in [0, 0.05) is 23.1 Å². The third kappa shape index (κ3) is 3.00. The molecule has 4 aromatic rings. The van der Waals surface area contributed by atoms with Gasteiger partial charge in [-0.2, -0.15) is 5.10 Å². The molecule has 0 fully saturated rings. The van der Waals surface area contributed by atoms with Crippen LogP contribution in [-0.2, 0) is 7.05 Å². The lowest BCUT2D eigenvalue weighted by atomic mass is 10.0. The minimum atomic E-state index is -0.212. The van der Waals surface area contributed by atoms with Gasteiger partial charge < -0.3 is 0 Å². The highest BCUT2D eigenvalue weighted by Gasteiger charge is 2.34. The monoisotopic (exact) mass is 413 g/mol. The highest BCUT2D eigenvalue weighted by Crippen LogP contribution is 2.43. The summed E-state index contributed by atoms with van der Waals surface area (Å²) in [6.45, 7) is 0. The zero-order valence-corrected chi connectivity index (χ0v) is 17.2. The van der Waals surface area contributed by atoms with Gasteiger partial charge in [0.15, 0.2) is 5.69 Å². The Kier molecular flexibility index (Phi) is 4.64. The Bertz CT molecular complexity index is 1320. The molecule has 1 amide bonds. The van der Waals surface area contributed by atoms with Gasteiger partial charge in [0.1, 0.15) is 0 Å². The highest BCUT2D eigenvalue weighted by molar-refractivity contribution is 7.99. The third-order valence-corrected chi connectivity index (χ3v) is 6.53. The SMILES string of the molecule is Cn1nc(C(=O)N2c3ccccc3SC[C@@H]2c2ccccc2)c2ccccc2c1=O. The molecule has 3 aromatic carbocycles. The first-order valence-corrected chi connectivity index (χ1v) is 10.7. The number of benzene rings is 3. The van der Waals surface area contributed by atoms with Gasteiger partial charge in [-0.1, -0.05) is 60.7 Å². The molecular weight excluding hydrogens is 394 g/mol. The molecule has 5 rings (SSSR count). The summed E-state index contributed by atoms with van der Waals surface area (Å²) in [6, 6.07) is 25.0. The van der Waals surface area contributed by atoms with Crippen LogP contribution in [0.25, 0.3) is 10.8 Å². The van der Waals surface area contributed by atoms with Gasteiger partial charge in [0.2, 0.25) is 0 Å². The average Bonchev–Trinajstić information content (AvgIpc) is 2.81. The van der Waals surface area contributed by atoms with Crippen LogP contribution < -0.4 is 10.5 Å². The molecule has 5 nitrogen and oxygen atoms in total. The number of nitrogens with zero attached hydrogens (tertiary/aromatic N) is 3.